The molecule has 0 saturated carbocycles. The molecule has 6 heteroatoms. The van der Waals surface area contributed by atoms with Gasteiger partial charge in [0.15, 0.2) is 0 Å². The Bertz CT molecular complexity index is 941. The van der Waals surface area contributed by atoms with Gasteiger partial charge in [0, 0.05) is 30.2 Å². The molecule has 1 saturated heterocycles. The Hall–Kier alpha value is -2.96. The molecule has 0 aliphatic carbocycles. The molecule has 4 unspecified atom stereocenters. The zero-order valence-electron chi connectivity index (χ0n) is 17.1. The van der Waals surface area contributed by atoms with E-state index in [1.807, 2.05) is 49.4 Å². The molecule has 4 rings (SSSR count). The van der Waals surface area contributed by atoms with E-state index in [1.165, 1.54) is 5.56 Å². The molecule has 30 heavy (non-hydrogen) atoms. The second-order valence-electron chi connectivity index (χ2n) is 7.96. The molecule has 2 aromatic carbocycles. The highest BCUT2D eigenvalue weighted by Crippen LogP contribution is 2.27. The number of nitrogens with one attached hydrogen (secondary N) is 2. The summed E-state index contributed by atoms with van der Waals surface area (Å²) in [6.07, 6.45) is 5.86. The van der Waals surface area contributed by atoms with E-state index in [1.54, 1.807) is 23.1 Å². The minimum absolute atomic E-state index is 0.0831. The van der Waals surface area contributed by atoms with Gasteiger partial charge in [-0.15, -0.1) is 0 Å². The first-order valence-electron chi connectivity index (χ1n) is 10.5. The van der Waals surface area contributed by atoms with Gasteiger partial charge >= 0.3 is 0 Å². The highest BCUT2D eigenvalue weighted by molar-refractivity contribution is 5.93. The molecule has 3 aromatic rings. The molecule has 1 fully saturated rings. The summed E-state index contributed by atoms with van der Waals surface area (Å²) in [6.45, 7) is 1.82. The summed E-state index contributed by atoms with van der Waals surface area (Å²) in [5, 5.41) is 21.3. The molecule has 6 nitrogen and oxygen atoms in total. The quantitative estimate of drug-likeness (QED) is 0.563. The number of carbonyl (C=O) groups excluding carboxylic acids is 1. The number of rotatable bonds is 7. The van der Waals surface area contributed by atoms with Crippen molar-refractivity contribution >= 4 is 11.6 Å². The van der Waals surface area contributed by atoms with Gasteiger partial charge in [-0.05, 0) is 55.5 Å². The number of nitrogens with zero attached hydrogens (tertiary/aromatic N) is 2. The predicted molar refractivity (Wildman–Crippen MR) is 117 cm³/mol. The van der Waals surface area contributed by atoms with Crippen LogP contribution in [0.25, 0.3) is 0 Å². The van der Waals surface area contributed by atoms with Crippen LogP contribution in [-0.4, -0.2) is 32.9 Å². The van der Waals surface area contributed by atoms with Crippen LogP contribution in [0.4, 0.5) is 5.69 Å². The van der Waals surface area contributed by atoms with Gasteiger partial charge in [-0.1, -0.05) is 42.5 Å². The summed E-state index contributed by atoms with van der Waals surface area (Å²) in [4.78, 5) is 12.4. The van der Waals surface area contributed by atoms with Crippen LogP contribution in [0.3, 0.4) is 0 Å². The second kappa shape index (κ2) is 9.24. The summed E-state index contributed by atoms with van der Waals surface area (Å²) in [7, 11) is 0. The molecule has 0 spiro atoms. The zero-order chi connectivity index (χ0) is 20.9. The standard InChI is InChI=1S/C24H28N4O2/c1-17(28-15-5-14-25-28)24(30)27-20-10-8-18(9-11-20)16-21-12-13-22(26-21)23(29)19-6-3-2-4-7-19/h2-11,14-15,17,21-23,26,29H,12-13,16H2,1H3,(H,27,30). The average Bonchev–Trinajstić information content (AvgIpc) is 3.47. The van der Waals surface area contributed by atoms with Crippen LogP contribution < -0.4 is 10.6 Å². The smallest absolute Gasteiger partial charge is 0.248 e. The number of hydrogen-bond acceptors (Lipinski definition) is 4. The predicted octanol–water partition coefficient (Wildman–Crippen LogP) is 3.48. The van der Waals surface area contributed by atoms with Gasteiger partial charge < -0.3 is 15.7 Å². The number of anilines is 1. The average molecular weight is 405 g/mol. The van der Waals surface area contributed by atoms with Crippen LogP contribution in [0.2, 0.25) is 0 Å². The van der Waals surface area contributed by atoms with Crippen molar-refractivity contribution < 1.29 is 9.90 Å². The zero-order valence-corrected chi connectivity index (χ0v) is 17.1. The number of carbonyl (C=O) groups is 1. The molecule has 0 bridgehead atoms. The maximum atomic E-state index is 12.4. The Morgan fingerprint density at radius 2 is 1.93 bits per heavy atom. The summed E-state index contributed by atoms with van der Waals surface area (Å²) in [5.74, 6) is -0.0957. The Labute approximate surface area is 176 Å². The minimum Gasteiger partial charge on any atom is -0.387 e. The lowest BCUT2D eigenvalue weighted by molar-refractivity contribution is -0.119. The molecule has 156 valence electrons. The fraction of sp³-hybridized carbons (Fsp3) is 0.333. The number of amides is 1. The molecular formula is C24H28N4O2. The number of aliphatic hydroxyl groups is 1. The molecule has 0 radical (unpaired) electrons. The fourth-order valence-corrected chi connectivity index (χ4v) is 4.03. The van der Waals surface area contributed by atoms with E-state index in [9.17, 15) is 9.90 Å². The third-order valence-corrected chi connectivity index (χ3v) is 5.80. The molecule has 2 heterocycles. The van der Waals surface area contributed by atoms with Crippen molar-refractivity contribution in [3.05, 3.63) is 84.2 Å². The maximum Gasteiger partial charge on any atom is 0.248 e. The number of aromatic nitrogens is 2. The lowest BCUT2D eigenvalue weighted by atomic mass is 10.0. The van der Waals surface area contributed by atoms with Gasteiger partial charge in [-0.3, -0.25) is 9.48 Å². The fourth-order valence-electron chi connectivity index (χ4n) is 4.03. The van der Waals surface area contributed by atoms with Crippen LogP contribution in [0.1, 0.15) is 43.0 Å². The van der Waals surface area contributed by atoms with Crippen LogP contribution in [0.5, 0.6) is 0 Å². The summed E-state index contributed by atoms with van der Waals surface area (Å²) in [6, 6.07) is 19.7. The Balaban J connectivity index is 1.29. The van der Waals surface area contributed by atoms with Crippen molar-refractivity contribution in [1.29, 1.82) is 0 Å². The molecule has 1 aliphatic heterocycles. The molecule has 1 aliphatic rings. The Kier molecular flexibility index (Phi) is 6.26. The summed E-state index contributed by atoms with van der Waals surface area (Å²) >= 11 is 0. The van der Waals surface area contributed by atoms with E-state index in [-0.39, 0.29) is 18.0 Å². The van der Waals surface area contributed by atoms with Crippen molar-refractivity contribution in [2.45, 2.75) is 50.4 Å². The molecule has 1 aromatic heterocycles. The van der Waals surface area contributed by atoms with Crippen LogP contribution in [0.15, 0.2) is 73.1 Å². The van der Waals surface area contributed by atoms with Crippen molar-refractivity contribution in [2.24, 2.45) is 0 Å². The highest BCUT2D eigenvalue weighted by Gasteiger charge is 2.29. The number of aliphatic hydroxyl groups excluding tert-OH is 1. The van der Waals surface area contributed by atoms with E-state index >= 15 is 0 Å². The Morgan fingerprint density at radius 3 is 2.63 bits per heavy atom. The highest BCUT2D eigenvalue weighted by atomic mass is 16.3. The lowest BCUT2D eigenvalue weighted by Gasteiger charge is -2.20. The first-order valence-corrected chi connectivity index (χ1v) is 10.5. The van der Waals surface area contributed by atoms with Crippen molar-refractivity contribution in [3.8, 4) is 0 Å². The minimum atomic E-state index is -0.481. The lowest BCUT2D eigenvalue weighted by Crippen LogP contribution is -2.35. The molecular weight excluding hydrogens is 376 g/mol. The second-order valence-corrected chi connectivity index (χ2v) is 7.96. The first kappa shape index (κ1) is 20.3. The van der Waals surface area contributed by atoms with Crippen molar-refractivity contribution in [1.82, 2.24) is 15.1 Å². The van der Waals surface area contributed by atoms with Crippen molar-refractivity contribution in [2.75, 3.05) is 5.32 Å². The van der Waals surface area contributed by atoms with Crippen molar-refractivity contribution in [3.63, 3.8) is 0 Å². The first-order chi connectivity index (χ1) is 14.6. The van der Waals surface area contributed by atoms with E-state index in [0.29, 0.717) is 6.04 Å². The molecule has 3 N–H and O–H groups in total. The van der Waals surface area contributed by atoms with E-state index in [4.69, 9.17) is 0 Å². The third-order valence-electron chi connectivity index (χ3n) is 5.80. The van der Waals surface area contributed by atoms with Gasteiger partial charge in [0.1, 0.15) is 6.04 Å². The van der Waals surface area contributed by atoms with Gasteiger partial charge in [0.2, 0.25) is 5.91 Å². The van der Waals surface area contributed by atoms with Gasteiger partial charge in [-0.2, -0.15) is 5.10 Å². The van der Waals surface area contributed by atoms with Gasteiger partial charge in [0.05, 0.1) is 6.10 Å². The maximum absolute atomic E-state index is 12.4. The Morgan fingerprint density at radius 1 is 1.17 bits per heavy atom. The molecule has 4 atom stereocenters. The van der Waals surface area contributed by atoms with Gasteiger partial charge in [-0.25, -0.2) is 0 Å². The topological polar surface area (TPSA) is 79.2 Å². The largest absolute Gasteiger partial charge is 0.387 e. The summed E-state index contributed by atoms with van der Waals surface area (Å²) < 4.78 is 1.63. The van der Waals surface area contributed by atoms with E-state index < -0.39 is 6.10 Å². The SMILES string of the molecule is CC(C(=O)Nc1ccc(CC2CCC(C(O)c3ccccc3)N2)cc1)n1cccn1. The normalized spacial score (nSPS) is 20.6. The van der Waals surface area contributed by atoms with Crippen LogP contribution in [-0.2, 0) is 11.2 Å². The van der Waals surface area contributed by atoms with Gasteiger partial charge in [0.25, 0.3) is 0 Å². The van der Waals surface area contributed by atoms with Crippen LogP contribution in [0, 0.1) is 0 Å². The number of hydrogen-bond donors (Lipinski definition) is 3. The van der Waals surface area contributed by atoms with E-state index in [0.717, 1.165) is 30.5 Å². The van der Waals surface area contributed by atoms with Crippen LogP contribution >= 0.6 is 0 Å². The van der Waals surface area contributed by atoms with E-state index in [2.05, 4.69) is 27.9 Å². The molecule has 1 amide bonds. The number of benzene rings is 2. The summed E-state index contributed by atoms with van der Waals surface area (Å²) in [5.41, 5.74) is 2.94. The third kappa shape index (κ3) is 4.78. The monoisotopic (exact) mass is 404 g/mol.